The average Bonchev–Trinajstić information content (AvgIpc) is 1.83. The SMILES string of the molecule is CC(S)CCC(S)CS. The van der Waals surface area contributed by atoms with E-state index in [-0.39, 0.29) is 0 Å². The molecule has 56 valence electrons. The molecule has 0 N–H and O–H groups in total. The Labute approximate surface area is 74.0 Å². The first-order valence-corrected chi connectivity index (χ1v) is 4.80. The fourth-order valence-electron chi connectivity index (χ4n) is 0.525. The molecule has 0 heterocycles. The molecule has 0 amide bonds. The molecule has 0 aromatic rings. The van der Waals surface area contributed by atoms with Crippen LogP contribution in [0.1, 0.15) is 19.8 Å². The Balaban J connectivity index is 3.06. The van der Waals surface area contributed by atoms with Gasteiger partial charge >= 0.3 is 0 Å². The van der Waals surface area contributed by atoms with Gasteiger partial charge in [0.15, 0.2) is 0 Å². The van der Waals surface area contributed by atoms with E-state index in [1.165, 1.54) is 0 Å². The van der Waals surface area contributed by atoms with Gasteiger partial charge in [0.05, 0.1) is 0 Å². The van der Waals surface area contributed by atoms with Crippen LogP contribution < -0.4 is 0 Å². The summed E-state index contributed by atoms with van der Waals surface area (Å²) in [5, 5.41) is 0.947. The van der Waals surface area contributed by atoms with Gasteiger partial charge in [0, 0.05) is 11.0 Å². The van der Waals surface area contributed by atoms with Gasteiger partial charge in [-0.25, -0.2) is 0 Å². The first kappa shape index (κ1) is 10.0. The predicted molar refractivity (Wildman–Crippen MR) is 54.3 cm³/mol. The maximum absolute atomic E-state index is 4.29. The molecule has 0 aliphatic heterocycles. The van der Waals surface area contributed by atoms with Crippen LogP contribution in [0.4, 0.5) is 0 Å². The Morgan fingerprint density at radius 3 is 2.11 bits per heavy atom. The molecule has 0 fully saturated rings. The number of rotatable bonds is 4. The van der Waals surface area contributed by atoms with Crippen molar-refractivity contribution in [2.75, 3.05) is 5.75 Å². The van der Waals surface area contributed by atoms with Crippen molar-refractivity contribution in [2.45, 2.75) is 30.3 Å². The summed E-state index contributed by atoms with van der Waals surface area (Å²) < 4.78 is 0. The Bertz CT molecular complexity index is 63.3. The smallest absolute Gasteiger partial charge is 0.0105 e. The molecule has 0 saturated carbocycles. The van der Waals surface area contributed by atoms with Gasteiger partial charge in [0.25, 0.3) is 0 Å². The van der Waals surface area contributed by atoms with Crippen LogP contribution in [0.15, 0.2) is 0 Å². The highest BCUT2D eigenvalue weighted by Gasteiger charge is 2.01. The second-order valence-electron chi connectivity index (χ2n) is 2.26. The lowest BCUT2D eigenvalue weighted by Gasteiger charge is -2.07. The van der Waals surface area contributed by atoms with Crippen LogP contribution in [0.5, 0.6) is 0 Å². The van der Waals surface area contributed by atoms with Gasteiger partial charge in [0.1, 0.15) is 0 Å². The van der Waals surface area contributed by atoms with Crippen LogP contribution >= 0.6 is 37.9 Å². The highest BCUT2D eigenvalue weighted by molar-refractivity contribution is 7.84. The average molecular weight is 182 g/mol. The molecule has 0 rings (SSSR count). The predicted octanol–water partition coefficient (Wildman–Crippen LogP) is 2.31. The monoisotopic (exact) mass is 182 g/mol. The maximum atomic E-state index is 4.29. The second-order valence-corrected chi connectivity index (χ2v) is 4.24. The third kappa shape index (κ3) is 6.94. The molecule has 0 aromatic heterocycles. The minimum Gasteiger partial charge on any atom is -0.178 e. The standard InChI is InChI=1S/C6H14S3/c1-5(8)2-3-6(9)4-7/h5-9H,2-4H2,1H3. The molecule has 0 nitrogen and oxygen atoms in total. The molecule has 9 heavy (non-hydrogen) atoms. The van der Waals surface area contributed by atoms with Crippen molar-refractivity contribution in [2.24, 2.45) is 0 Å². The lowest BCUT2D eigenvalue weighted by molar-refractivity contribution is 0.735. The zero-order valence-corrected chi connectivity index (χ0v) is 8.30. The zero-order chi connectivity index (χ0) is 7.28. The third-order valence-corrected chi connectivity index (χ3v) is 2.56. The van der Waals surface area contributed by atoms with E-state index in [4.69, 9.17) is 0 Å². The Morgan fingerprint density at radius 1 is 1.22 bits per heavy atom. The van der Waals surface area contributed by atoms with Crippen LogP contribution in [0.2, 0.25) is 0 Å². The van der Waals surface area contributed by atoms with Crippen molar-refractivity contribution in [3.63, 3.8) is 0 Å². The number of hydrogen-bond acceptors (Lipinski definition) is 3. The van der Waals surface area contributed by atoms with Crippen LogP contribution in [-0.2, 0) is 0 Å². The summed E-state index contributed by atoms with van der Waals surface area (Å²) in [6.07, 6.45) is 2.26. The second kappa shape index (κ2) is 5.81. The molecule has 0 bridgehead atoms. The van der Waals surface area contributed by atoms with Gasteiger partial charge in [-0.2, -0.15) is 37.9 Å². The van der Waals surface area contributed by atoms with E-state index in [0.29, 0.717) is 10.5 Å². The zero-order valence-electron chi connectivity index (χ0n) is 5.62. The Morgan fingerprint density at radius 2 is 1.78 bits per heavy atom. The molecule has 0 radical (unpaired) electrons. The number of hydrogen-bond donors (Lipinski definition) is 3. The van der Waals surface area contributed by atoms with Gasteiger partial charge in [-0.3, -0.25) is 0 Å². The van der Waals surface area contributed by atoms with Crippen molar-refractivity contribution >= 4 is 37.9 Å². The van der Waals surface area contributed by atoms with Crippen LogP contribution in [0.3, 0.4) is 0 Å². The molecule has 2 unspecified atom stereocenters. The van der Waals surface area contributed by atoms with E-state index in [9.17, 15) is 0 Å². The molecule has 0 saturated heterocycles. The van der Waals surface area contributed by atoms with E-state index < -0.39 is 0 Å². The summed E-state index contributed by atoms with van der Waals surface area (Å²) in [7, 11) is 0. The first-order valence-electron chi connectivity index (χ1n) is 3.13. The molecular formula is C6H14S3. The van der Waals surface area contributed by atoms with Gasteiger partial charge in [-0.1, -0.05) is 6.92 Å². The minimum atomic E-state index is 0.447. The maximum Gasteiger partial charge on any atom is 0.0105 e. The van der Waals surface area contributed by atoms with Crippen molar-refractivity contribution in [3.8, 4) is 0 Å². The normalized spacial score (nSPS) is 17.3. The van der Waals surface area contributed by atoms with E-state index in [1.54, 1.807) is 0 Å². The van der Waals surface area contributed by atoms with E-state index in [2.05, 4.69) is 44.8 Å². The van der Waals surface area contributed by atoms with Crippen LogP contribution in [-0.4, -0.2) is 16.3 Å². The largest absolute Gasteiger partial charge is 0.178 e. The summed E-state index contributed by atoms with van der Waals surface area (Å²) in [5.41, 5.74) is 0. The molecule has 0 aliphatic carbocycles. The van der Waals surface area contributed by atoms with Crippen molar-refractivity contribution in [3.05, 3.63) is 0 Å². The highest BCUT2D eigenvalue weighted by atomic mass is 32.1. The summed E-state index contributed by atoms with van der Waals surface area (Å²) in [5.74, 6) is 0.865. The molecule has 0 aromatic carbocycles. The minimum absolute atomic E-state index is 0.447. The van der Waals surface area contributed by atoms with Crippen LogP contribution in [0, 0.1) is 0 Å². The van der Waals surface area contributed by atoms with Gasteiger partial charge in [0.2, 0.25) is 0 Å². The van der Waals surface area contributed by atoms with Crippen molar-refractivity contribution < 1.29 is 0 Å². The van der Waals surface area contributed by atoms with E-state index >= 15 is 0 Å². The summed E-state index contributed by atoms with van der Waals surface area (Å²) >= 11 is 12.7. The number of thiol groups is 3. The highest BCUT2D eigenvalue weighted by Crippen LogP contribution is 2.11. The fraction of sp³-hybridized carbons (Fsp3) is 1.00. The quantitative estimate of drug-likeness (QED) is 0.546. The van der Waals surface area contributed by atoms with E-state index in [1.807, 2.05) is 0 Å². The fourth-order valence-corrected chi connectivity index (χ4v) is 1.01. The lowest BCUT2D eigenvalue weighted by Crippen LogP contribution is -2.03. The molecule has 0 aliphatic rings. The lowest BCUT2D eigenvalue weighted by atomic mass is 10.2. The molecule has 0 spiro atoms. The summed E-state index contributed by atoms with van der Waals surface area (Å²) in [6, 6.07) is 0. The topological polar surface area (TPSA) is 0 Å². The van der Waals surface area contributed by atoms with Crippen molar-refractivity contribution in [1.29, 1.82) is 0 Å². The molecule has 3 heteroatoms. The molecule has 2 atom stereocenters. The first-order chi connectivity index (χ1) is 4.16. The summed E-state index contributed by atoms with van der Waals surface area (Å²) in [6.45, 7) is 2.10. The van der Waals surface area contributed by atoms with E-state index in [0.717, 1.165) is 18.6 Å². The van der Waals surface area contributed by atoms with Crippen molar-refractivity contribution in [1.82, 2.24) is 0 Å². The third-order valence-electron chi connectivity index (χ3n) is 1.13. The van der Waals surface area contributed by atoms with Crippen LogP contribution in [0.25, 0.3) is 0 Å². The van der Waals surface area contributed by atoms with Gasteiger partial charge < -0.3 is 0 Å². The Hall–Kier alpha value is 1.05. The Kier molecular flexibility index (Phi) is 6.48. The summed E-state index contributed by atoms with van der Waals surface area (Å²) in [4.78, 5) is 0. The van der Waals surface area contributed by atoms with Gasteiger partial charge in [-0.05, 0) is 18.1 Å². The molecular weight excluding hydrogens is 168 g/mol. The van der Waals surface area contributed by atoms with Gasteiger partial charge in [-0.15, -0.1) is 0 Å².